The first-order valence-corrected chi connectivity index (χ1v) is 6.68. The second-order valence-electron chi connectivity index (χ2n) is 3.27. The van der Waals surface area contributed by atoms with Crippen LogP contribution >= 0.6 is 0 Å². The fraction of sp³-hybridized carbons (Fsp3) is 0.455. The number of benzene rings is 1. The largest absolute Gasteiger partial charge is 0.300 e. The van der Waals surface area contributed by atoms with Gasteiger partial charge in [-0.3, -0.25) is 0 Å². The van der Waals surface area contributed by atoms with E-state index in [1.165, 1.54) is 0 Å². The highest BCUT2D eigenvalue weighted by atomic mass is 32.2. The van der Waals surface area contributed by atoms with Crippen molar-refractivity contribution in [1.82, 2.24) is 0 Å². The Bertz CT molecular complexity index is 399. The van der Waals surface area contributed by atoms with Gasteiger partial charge in [-0.25, -0.2) is 4.89 Å². The molecule has 0 aromatic heterocycles. The van der Waals surface area contributed by atoms with Crippen LogP contribution in [0.3, 0.4) is 0 Å². The Labute approximate surface area is 96.2 Å². The lowest BCUT2D eigenvalue weighted by Crippen LogP contribution is -2.16. The van der Waals surface area contributed by atoms with Crippen molar-refractivity contribution in [2.45, 2.75) is 25.5 Å². The lowest BCUT2D eigenvalue weighted by atomic mass is 10.1. The highest BCUT2D eigenvalue weighted by Gasteiger charge is 2.27. The standard InChI is InChI=1S/C11H16O4S/c1-3-11(10-8-6-5-7-9-10)16(12,13)15-14-4-2/h5-9,11H,3-4H2,1-2H3. The van der Waals surface area contributed by atoms with Gasteiger partial charge in [0.05, 0.1) is 6.61 Å². The Morgan fingerprint density at radius 3 is 2.31 bits per heavy atom. The Hall–Kier alpha value is -0.910. The minimum absolute atomic E-state index is 0.199. The highest BCUT2D eigenvalue weighted by molar-refractivity contribution is 7.86. The van der Waals surface area contributed by atoms with E-state index in [1.807, 2.05) is 6.07 Å². The second-order valence-corrected chi connectivity index (χ2v) is 4.97. The van der Waals surface area contributed by atoms with Gasteiger partial charge in [0.15, 0.2) is 0 Å². The van der Waals surface area contributed by atoms with Gasteiger partial charge in [-0.2, -0.15) is 8.42 Å². The summed E-state index contributed by atoms with van der Waals surface area (Å²) in [6.45, 7) is 3.66. The molecule has 1 unspecified atom stereocenters. The molecule has 0 fully saturated rings. The zero-order chi connectivity index (χ0) is 12.0. The fourth-order valence-corrected chi connectivity index (χ4v) is 2.66. The molecular weight excluding hydrogens is 228 g/mol. The van der Waals surface area contributed by atoms with Crippen molar-refractivity contribution in [1.29, 1.82) is 0 Å². The van der Waals surface area contributed by atoms with Gasteiger partial charge in [0, 0.05) is 0 Å². The van der Waals surface area contributed by atoms with Gasteiger partial charge < -0.3 is 0 Å². The predicted octanol–water partition coefficient (Wildman–Crippen LogP) is 2.44. The van der Waals surface area contributed by atoms with Crippen molar-refractivity contribution in [2.24, 2.45) is 0 Å². The SMILES string of the molecule is CCOOS(=O)(=O)C(CC)c1ccccc1. The quantitative estimate of drug-likeness (QED) is 0.569. The fourth-order valence-electron chi connectivity index (χ4n) is 1.44. The molecule has 0 saturated carbocycles. The summed E-state index contributed by atoms with van der Waals surface area (Å²) < 4.78 is 28.0. The average Bonchev–Trinajstić information content (AvgIpc) is 2.28. The predicted molar refractivity (Wildman–Crippen MR) is 61.1 cm³/mol. The van der Waals surface area contributed by atoms with Crippen molar-refractivity contribution >= 4 is 10.1 Å². The summed E-state index contributed by atoms with van der Waals surface area (Å²) in [6.07, 6.45) is 0.444. The zero-order valence-corrected chi connectivity index (χ0v) is 10.2. The Balaban J connectivity index is 2.90. The molecule has 0 amide bonds. The topological polar surface area (TPSA) is 52.6 Å². The van der Waals surface area contributed by atoms with E-state index in [-0.39, 0.29) is 6.61 Å². The van der Waals surface area contributed by atoms with E-state index < -0.39 is 15.4 Å². The summed E-state index contributed by atoms with van der Waals surface area (Å²) in [7, 11) is -3.71. The van der Waals surface area contributed by atoms with Crippen LogP contribution in [-0.4, -0.2) is 15.0 Å². The van der Waals surface area contributed by atoms with Gasteiger partial charge in [0.1, 0.15) is 5.25 Å². The molecule has 1 aromatic rings. The summed E-state index contributed by atoms with van der Waals surface area (Å²) >= 11 is 0. The van der Waals surface area contributed by atoms with Crippen molar-refractivity contribution in [3.8, 4) is 0 Å². The molecule has 0 saturated heterocycles. The molecule has 1 rings (SSSR count). The van der Waals surface area contributed by atoms with Crippen LogP contribution in [-0.2, 0) is 19.3 Å². The van der Waals surface area contributed by atoms with Crippen LogP contribution in [0.2, 0.25) is 0 Å². The molecular formula is C11H16O4S. The molecule has 1 atom stereocenters. The lowest BCUT2D eigenvalue weighted by molar-refractivity contribution is -0.197. The molecule has 0 heterocycles. The first-order chi connectivity index (χ1) is 7.61. The number of hydrogen-bond acceptors (Lipinski definition) is 4. The van der Waals surface area contributed by atoms with Gasteiger partial charge in [-0.15, -0.1) is 4.33 Å². The molecule has 0 spiro atoms. The van der Waals surface area contributed by atoms with Crippen LogP contribution in [0, 0.1) is 0 Å². The normalized spacial score (nSPS) is 13.6. The van der Waals surface area contributed by atoms with Gasteiger partial charge in [0.2, 0.25) is 0 Å². The monoisotopic (exact) mass is 244 g/mol. The van der Waals surface area contributed by atoms with Crippen molar-refractivity contribution in [3.63, 3.8) is 0 Å². The summed E-state index contributed by atoms with van der Waals surface area (Å²) in [5.41, 5.74) is 0.713. The minimum atomic E-state index is -3.71. The minimum Gasteiger partial charge on any atom is -0.220 e. The molecule has 5 heteroatoms. The van der Waals surface area contributed by atoms with E-state index in [0.29, 0.717) is 12.0 Å². The molecule has 0 N–H and O–H groups in total. The zero-order valence-electron chi connectivity index (χ0n) is 9.42. The van der Waals surface area contributed by atoms with Gasteiger partial charge in [0.25, 0.3) is 0 Å². The van der Waals surface area contributed by atoms with E-state index in [0.717, 1.165) is 0 Å². The molecule has 0 radical (unpaired) electrons. The van der Waals surface area contributed by atoms with Crippen molar-refractivity contribution in [2.75, 3.05) is 6.61 Å². The Morgan fingerprint density at radius 2 is 1.81 bits per heavy atom. The Morgan fingerprint density at radius 1 is 1.19 bits per heavy atom. The summed E-state index contributed by atoms with van der Waals surface area (Å²) in [5.74, 6) is 0. The lowest BCUT2D eigenvalue weighted by Gasteiger charge is -2.14. The van der Waals surface area contributed by atoms with Gasteiger partial charge in [-0.1, -0.05) is 37.3 Å². The molecule has 0 aliphatic carbocycles. The molecule has 16 heavy (non-hydrogen) atoms. The van der Waals surface area contributed by atoms with E-state index in [1.54, 1.807) is 38.1 Å². The third kappa shape index (κ3) is 3.30. The highest BCUT2D eigenvalue weighted by Crippen LogP contribution is 2.26. The third-order valence-corrected chi connectivity index (χ3v) is 3.74. The van der Waals surface area contributed by atoms with E-state index in [4.69, 9.17) is 0 Å². The van der Waals surface area contributed by atoms with Gasteiger partial charge >= 0.3 is 10.1 Å². The van der Waals surface area contributed by atoms with Crippen LogP contribution < -0.4 is 0 Å². The second kappa shape index (κ2) is 5.98. The van der Waals surface area contributed by atoms with E-state index in [2.05, 4.69) is 9.22 Å². The van der Waals surface area contributed by atoms with Gasteiger partial charge in [-0.05, 0) is 18.9 Å². The van der Waals surface area contributed by atoms with Crippen molar-refractivity contribution < 1.29 is 17.6 Å². The molecule has 0 bridgehead atoms. The molecule has 1 aromatic carbocycles. The molecule has 4 nitrogen and oxygen atoms in total. The maximum absolute atomic E-state index is 11.8. The average molecular weight is 244 g/mol. The van der Waals surface area contributed by atoms with Crippen LogP contribution in [0.5, 0.6) is 0 Å². The smallest absolute Gasteiger partial charge is 0.220 e. The molecule has 0 aliphatic rings. The maximum Gasteiger partial charge on any atom is 0.300 e. The van der Waals surface area contributed by atoms with Crippen LogP contribution in [0.15, 0.2) is 30.3 Å². The summed E-state index contributed by atoms with van der Waals surface area (Å²) in [6, 6.07) is 8.97. The number of hydrogen-bond donors (Lipinski definition) is 0. The maximum atomic E-state index is 11.8. The summed E-state index contributed by atoms with van der Waals surface area (Å²) in [4.78, 5) is 4.51. The Kier molecular flexibility index (Phi) is 4.92. The summed E-state index contributed by atoms with van der Waals surface area (Å²) in [5, 5.41) is -0.680. The van der Waals surface area contributed by atoms with E-state index in [9.17, 15) is 8.42 Å². The first-order valence-electron chi connectivity index (χ1n) is 5.21. The third-order valence-electron chi connectivity index (χ3n) is 2.15. The van der Waals surface area contributed by atoms with Crippen LogP contribution in [0.4, 0.5) is 0 Å². The van der Waals surface area contributed by atoms with Crippen molar-refractivity contribution in [3.05, 3.63) is 35.9 Å². The van der Waals surface area contributed by atoms with Crippen LogP contribution in [0.25, 0.3) is 0 Å². The number of rotatable bonds is 6. The molecule has 90 valence electrons. The van der Waals surface area contributed by atoms with Crippen LogP contribution in [0.1, 0.15) is 31.1 Å². The first kappa shape index (κ1) is 13.2. The molecule has 0 aliphatic heterocycles. The van der Waals surface area contributed by atoms with E-state index >= 15 is 0 Å².